The van der Waals surface area contributed by atoms with Crippen LogP contribution in [0.2, 0.25) is 0 Å². The zero-order chi connectivity index (χ0) is 20.7. The van der Waals surface area contributed by atoms with Gasteiger partial charge in [-0.2, -0.15) is 5.10 Å². The van der Waals surface area contributed by atoms with Crippen LogP contribution in [0.25, 0.3) is 0 Å². The molecule has 10 nitrogen and oxygen atoms in total. The van der Waals surface area contributed by atoms with Gasteiger partial charge in [-0.05, 0) is 24.3 Å². The fourth-order valence-electron chi connectivity index (χ4n) is 2.43. The molecule has 4 N–H and O–H groups in total. The lowest BCUT2D eigenvalue weighted by atomic mass is 10.1. The van der Waals surface area contributed by atoms with Crippen LogP contribution in [0.3, 0.4) is 0 Å². The smallest absolute Gasteiger partial charge is 0.271 e. The Balaban J connectivity index is 0.00000420. The average Bonchev–Trinajstić information content (AvgIpc) is 2.73. The van der Waals surface area contributed by atoms with Crippen molar-refractivity contribution in [3.8, 4) is 34.5 Å². The van der Waals surface area contributed by atoms with Crippen LogP contribution in [0.15, 0.2) is 29.4 Å². The van der Waals surface area contributed by atoms with Crippen LogP contribution in [-0.2, 0) is 0 Å². The molecule has 0 aliphatic rings. The zero-order valence-corrected chi connectivity index (χ0v) is 16.7. The van der Waals surface area contributed by atoms with E-state index in [4.69, 9.17) is 23.7 Å². The van der Waals surface area contributed by atoms with Gasteiger partial charge in [-0.1, -0.05) is 0 Å². The quantitative estimate of drug-likeness (QED) is 0.497. The molecular weight excluding hydrogens is 384 g/mol. The van der Waals surface area contributed by atoms with Crippen LogP contribution >= 0.6 is 0 Å². The molecule has 0 saturated heterocycles. The molecule has 0 saturated carbocycles. The maximum Gasteiger partial charge on any atom is 0.271 e. The number of hydrogen-bond donors (Lipinski definition) is 2. The van der Waals surface area contributed by atoms with Crippen molar-refractivity contribution in [1.82, 2.24) is 5.43 Å². The maximum absolute atomic E-state index is 12.4. The summed E-state index contributed by atoms with van der Waals surface area (Å²) in [7, 11) is 7.24. The number of amides is 1. The van der Waals surface area contributed by atoms with E-state index in [-0.39, 0.29) is 28.3 Å². The third-order valence-corrected chi connectivity index (χ3v) is 3.81. The Hall–Kier alpha value is -3.66. The number of methoxy groups -OCH3 is 5. The van der Waals surface area contributed by atoms with Gasteiger partial charge in [-0.3, -0.25) is 4.79 Å². The molecule has 1 amide bonds. The number of hydrazone groups is 1. The molecule has 29 heavy (non-hydrogen) atoms. The van der Waals surface area contributed by atoms with E-state index < -0.39 is 5.91 Å². The van der Waals surface area contributed by atoms with E-state index in [1.807, 2.05) is 0 Å². The first kappa shape index (κ1) is 23.4. The summed E-state index contributed by atoms with van der Waals surface area (Å²) in [6.07, 6.45) is 1.39. The van der Waals surface area contributed by atoms with Crippen molar-refractivity contribution in [2.24, 2.45) is 5.10 Å². The van der Waals surface area contributed by atoms with Gasteiger partial charge in [0.15, 0.2) is 23.0 Å². The number of rotatable bonds is 8. The van der Waals surface area contributed by atoms with Gasteiger partial charge in [-0.25, -0.2) is 5.43 Å². The lowest BCUT2D eigenvalue weighted by Crippen LogP contribution is -2.18. The summed E-state index contributed by atoms with van der Waals surface area (Å²) in [6, 6.07) is 6.12. The van der Waals surface area contributed by atoms with Gasteiger partial charge in [0.25, 0.3) is 5.91 Å². The van der Waals surface area contributed by atoms with Crippen molar-refractivity contribution in [2.45, 2.75) is 0 Å². The first-order valence-corrected chi connectivity index (χ1v) is 8.07. The minimum Gasteiger partial charge on any atom is -0.502 e. The average molecular weight is 408 g/mol. The van der Waals surface area contributed by atoms with Crippen molar-refractivity contribution >= 4 is 12.1 Å². The summed E-state index contributed by atoms with van der Waals surface area (Å²) < 4.78 is 25.8. The Morgan fingerprint density at radius 3 is 1.76 bits per heavy atom. The van der Waals surface area contributed by atoms with Crippen molar-refractivity contribution in [3.63, 3.8) is 0 Å². The topological polar surface area (TPSA) is 139 Å². The lowest BCUT2D eigenvalue weighted by molar-refractivity contribution is 0.0954. The lowest BCUT2D eigenvalue weighted by Gasteiger charge is -2.13. The van der Waals surface area contributed by atoms with Gasteiger partial charge in [0.2, 0.25) is 11.5 Å². The SMILES string of the molecule is COc1cc(/C=N/NC(=O)c2cc(OC)c(OC)c(OC)c2)cc(OC)c1O.O. The molecular formula is C19H24N2O8. The van der Waals surface area contributed by atoms with Gasteiger partial charge in [0, 0.05) is 11.1 Å². The molecule has 2 rings (SSSR count). The van der Waals surface area contributed by atoms with Crippen LogP contribution < -0.4 is 29.1 Å². The number of phenols is 1. The fourth-order valence-corrected chi connectivity index (χ4v) is 2.43. The molecule has 2 aromatic carbocycles. The van der Waals surface area contributed by atoms with Crippen molar-refractivity contribution in [1.29, 1.82) is 0 Å². The van der Waals surface area contributed by atoms with Crippen molar-refractivity contribution < 1.29 is 39.1 Å². The van der Waals surface area contributed by atoms with Crippen LogP contribution in [0.4, 0.5) is 0 Å². The number of phenolic OH excluding ortho intramolecular Hbond substituents is 1. The van der Waals surface area contributed by atoms with Crippen LogP contribution in [0.1, 0.15) is 15.9 Å². The summed E-state index contributed by atoms with van der Waals surface area (Å²) in [5, 5.41) is 13.8. The molecule has 0 aliphatic carbocycles. The minimum absolute atomic E-state index is 0. The normalized spacial score (nSPS) is 10.1. The summed E-state index contributed by atoms with van der Waals surface area (Å²) in [6.45, 7) is 0. The highest BCUT2D eigenvalue weighted by atomic mass is 16.5. The molecule has 0 aliphatic heterocycles. The second kappa shape index (κ2) is 10.6. The maximum atomic E-state index is 12.4. The molecule has 0 radical (unpaired) electrons. The largest absolute Gasteiger partial charge is 0.502 e. The summed E-state index contributed by atoms with van der Waals surface area (Å²) in [4.78, 5) is 12.4. The van der Waals surface area contributed by atoms with Crippen LogP contribution in [0, 0.1) is 0 Å². The molecule has 10 heteroatoms. The Bertz CT molecular complexity index is 832. The standard InChI is InChI=1S/C19H22N2O7.H2O/c1-24-13-6-11(7-14(25-2)17(13)22)10-20-21-19(23)12-8-15(26-3)18(28-5)16(9-12)27-4;/h6-10,22H,1-5H3,(H,21,23);1H2/b20-10+;. The Labute approximate surface area is 167 Å². The number of benzene rings is 2. The van der Waals surface area contributed by atoms with E-state index in [1.54, 1.807) is 12.1 Å². The number of nitrogens with zero attached hydrogens (tertiary/aromatic N) is 1. The van der Waals surface area contributed by atoms with E-state index in [1.165, 1.54) is 53.9 Å². The van der Waals surface area contributed by atoms with E-state index in [2.05, 4.69) is 10.5 Å². The third-order valence-electron chi connectivity index (χ3n) is 3.81. The predicted octanol–water partition coefficient (Wildman–Crippen LogP) is 1.37. The van der Waals surface area contributed by atoms with Gasteiger partial charge < -0.3 is 34.3 Å². The van der Waals surface area contributed by atoms with Gasteiger partial charge in [0.05, 0.1) is 41.8 Å². The fraction of sp³-hybridized carbons (Fsp3) is 0.263. The van der Waals surface area contributed by atoms with E-state index >= 15 is 0 Å². The second-order valence-electron chi connectivity index (χ2n) is 5.39. The van der Waals surface area contributed by atoms with Crippen molar-refractivity contribution in [2.75, 3.05) is 35.5 Å². The molecule has 0 bridgehead atoms. The van der Waals surface area contributed by atoms with Gasteiger partial charge >= 0.3 is 0 Å². The van der Waals surface area contributed by atoms with Gasteiger partial charge in [-0.15, -0.1) is 0 Å². The molecule has 0 unspecified atom stereocenters. The van der Waals surface area contributed by atoms with E-state index in [0.29, 0.717) is 22.8 Å². The number of nitrogens with one attached hydrogen (secondary N) is 1. The number of ether oxygens (including phenoxy) is 5. The minimum atomic E-state index is -0.479. The molecule has 0 atom stereocenters. The highest BCUT2D eigenvalue weighted by Gasteiger charge is 2.17. The number of carbonyl (C=O) groups excluding carboxylic acids is 1. The number of aromatic hydroxyl groups is 1. The molecule has 2 aromatic rings. The Morgan fingerprint density at radius 2 is 1.34 bits per heavy atom. The van der Waals surface area contributed by atoms with Gasteiger partial charge in [0.1, 0.15) is 0 Å². The molecule has 0 spiro atoms. The highest BCUT2D eigenvalue weighted by molar-refractivity contribution is 5.96. The number of hydrogen-bond acceptors (Lipinski definition) is 8. The zero-order valence-electron chi connectivity index (χ0n) is 16.7. The molecule has 0 fully saturated rings. The predicted molar refractivity (Wildman–Crippen MR) is 106 cm³/mol. The highest BCUT2D eigenvalue weighted by Crippen LogP contribution is 2.38. The summed E-state index contributed by atoms with van der Waals surface area (Å²) in [5.74, 6) is 0.923. The van der Waals surface area contributed by atoms with Crippen LogP contribution in [-0.4, -0.2) is 58.3 Å². The molecule has 0 aromatic heterocycles. The number of carbonyl (C=O) groups is 1. The van der Waals surface area contributed by atoms with E-state index in [0.717, 1.165) is 0 Å². The second-order valence-corrected chi connectivity index (χ2v) is 5.39. The third kappa shape index (κ3) is 5.20. The Morgan fingerprint density at radius 1 is 0.862 bits per heavy atom. The van der Waals surface area contributed by atoms with Crippen molar-refractivity contribution in [3.05, 3.63) is 35.4 Å². The molecule has 0 heterocycles. The van der Waals surface area contributed by atoms with E-state index in [9.17, 15) is 9.90 Å². The van der Waals surface area contributed by atoms with Crippen LogP contribution in [0.5, 0.6) is 34.5 Å². The summed E-state index contributed by atoms with van der Waals surface area (Å²) in [5.41, 5.74) is 3.23. The Kier molecular flexibility index (Phi) is 8.56. The first-order valence-electron chi connectivity index (χ1n) is 8.07. The summed E-state index contributed by atoms with van der Waals surface area (Å²) >= 11 is 0. The molecule has 158 valence electrons. The first-order chi connectivity index (χ1) is 13.5. The monoisotopic (exact) mass is 408 g/mol.